The molecule has 132 valence electrons. The predicted octanol–water partition coefficient (Wildman–Crippen LogP) is 4.25. The molecule has 26 heavy (non-hydrogen) atoms. The van der Waals surface area contributed by atoms with Gasteiger partial charge in [0.05, 0.1) is 17.1 Å². The van der Waals surface area contributed by atoms with Gasteiger partial charge in [0.15, 0.2) is 0 Å². The summed E-state index contributed by atoms with van der Waals surface area (Å²) in [5, 5.41) is 2.57. The van der Waals surface area contributed by atoms with Crippen LogP contribution in [0.2, 0.25) is 5.02 Å². The van der Waals surface area contributed by atoms with E-state index in [1.54, 1.807) is 0 Å². The van der Waals surface area contributed by atoms with Crippen LogP contribution in [0.3, 0.4) is 0 Å². The zero-order valence-electron chi connectivity index (χ0n) is 14.0. The summed E-state index contributed by atoms with van der Waals surface area (Å²) >= 11 is 5.72. The summed E-state index contributed by atoms with van der Waals surface area (Å²) in [5.74, 6) is -0.970. The van der Waals surface area contributed by atoms with E-state index < -0.39 is 11.7 Å². The van der Waals surface area contributed by atoms with Crippen molar-refractivity contribution in [2.75, 3.05) is 5.32 Å². The Hall–Kier alpha value is -2.92. The van der Waals surface area contributed by atoms with E-state index >= 15 is 0 Å². The van der Waals surface area contributed by atoms with Crippen LogP contribution in [0, 0.1) is 12.7 Å². The third kappa shape index (κ3) is 4.00. The van der Waals surface area contributed by atoms with E-state index in [0.717, 1.165) is 11.1 Å². The minimum atomic E-state index is -0.559. The van der Waals surface area contributed by atoms with Crippen molar-refractivity contribution in [2.45, 2.75) is 13.5 Å². The number of rotatable bonds is 4. The minimum Gasteiger partial charge on any atom is -0.322 e. The lowest BCUT2D eigenvalue weighted by molar-refractivity contribution is 0.102. The molecule has 0 unspecified atom stereocenters. The number of nitrogens with zero attached hydrogens (tertiary/aromatic N) is 1. The Kier molecular flexibility index (Phi) is 5.19. The van der Waals surface area contributed by atoms with E-state index in [-0.39, 0.29) is 10.6 Å². The number of carbonyl (C=O) groups is 1. The third-order valence-electron chi connectivity index (χ3n) is 4.03. The fourth-order valence-electron chi connectivity index (χ4n) is 2.54. The first-order valence-electron chi connectivity index (χ1n) is 7.95. The Balaban J connectivity index is 1.84. The highest BCUT2D eigenvalue weighted by Crippen LogP contribution is 2.20. The van der Waals surface area contributed by atoms with Gasteiger partial charge in [0.2, 0.25) is 0 Å². The monoisotopic (exact) mass is 370 g/mol. The zero-order chi connectivity index (χ0) is 18.7. The smallest absolute Gasteiger partial charge is 0.257 e. The number of aryl methyl sites for hydroxylation is 1. The normalized spacial score (nSPS) is 10.6. The largest absolute Gasteiger partial charge is 0.322 e. The van der Waals surface area contributed by atoms with E-state index in [1.165, 1.54) is 41.1 Å². The van der Waals surface area contributed by atoms with Crippen LogP contribution in [0.5, 0.6) is 0 Å². The summed E-state index contributed by atoms with van der Waals surface area (Å²) in [5.41, 5.74) is 2.55. The second-order valence-electron chi connectivity index (χ2n) is 5.89. The van der Waals surface area contributed by atoms with Crippen molar-refractivity contribution in [1.82, 2.24) is 4.57 Å². The van der Waals surface area contributed by atoms with Gasteiger partial charge >= 0.3 is 0 Å². The molecule has 0 atom stereocenters. The molecule has 0 spiro atoms. The maximum absolute atomic E-state index is 13.2. The molecule has 0 fully saturated rings. The van der Waals surface area contributed by atoms with Gasteiger partial charge in [0.1, 0.15) is 5.82 Å². The summed E-state index contributed by atoms with van der Waals surface area (Å²) in [4.78, 5) is 24.6. The van der Waals surface area contributed by atoms with Gasteiger partial charge in [-0.25, -0.2) is 4.39 Å². The predicted molar refractivity (Wildman–Crippen MR) is 100 cm³/mol. The summed E-state index contributed by atoms with van der Waals surface area (Å²) in [6, 6.07) is 14.5. The number of anilines is 1. The Morgan fingerprint density at radius 3 is 2.65 bits per heavy atom. The number of amides is 1. The van der Waals surface area contributed by atoms with Gasteiger partial charge in [0, 0.05) is 18.0 Å². The van der Waals surface area contributed by atoms with E-state index in [0.29, 0.717) is 17.8 Å². The van der Waals surface area contributed by atoms with Crippen LogP contribution < -0.4 is 10.9 Å². The highest BCUT2D eigenvalue weighted by atomic mass is 35.5. The van der Waals surface area contributed by atoms with Gasteiger partial charge in [-0.05, 0) is 42.3 Å². The van der Waals surface area contributed by atoms with E-state index in [1.807, 2.05) is 31.2 Å². The number of hydrogen-bond donors (Lipinski definition) is 1. The number of carbonyl (C=O) groups excluding carboxylic acids is 1. The fraction of sp³-hybridized carbons (Fsp3) is 0.100. The maximum atomic E-state index is 13.2. The number of benzene rings is 2. The van der Waals surface area contributed by atoms with Crippen molar-refractivity contribution < 1.29 is 9.18 Å². The highest BCUT2D eigenvalue weighted by molar-refractivity contribution is 6.31. The molecule has 1 amide bonds. The van der Waals surface area contributed by atoms with Gasteiger partial charge in [-0.15, -0.1) is 0 Å². The SMILES string of the molecule is Cc1ccccc1Cn1cc(C(=O)Nc2ccc(F)c(Cl)c2)ccc1=O. The Morgan fingerprint density at radius 1 is 1.15 bits per heavy atom. The van der Waals surface area contributed by atoms with Gasteiger partial charge < -0.3 is 9.88 Å². The molecule has 0 aliphatic carbocycles. The average Bonchev–Trinajstić information content (AvgIpc) is 2.62. The highest BCUT2D eigenvalue weighted by Gasteiger charge is 2.10. The second kappa shape index (κ2) is 7.54. The molecule has 2 aromatic carbocycles. The topological polar surface area (TPSA) is 51.1 Å². The number of halogens is 2. The van der Waals surface area contributed by atoms with Crippen LogP contribution in [0.4, 0.5) is 10.1 Å². The molecule has 0 radical (unpaired) electrons. The molecular formula is C20H16ClFN2O2. The summed E-state index contributed by atoms with van der Waals surface area (Å²) in [7, 11) is 0. The second-order valence-corrected chi connectivity index (χ2v) is 6.30. The van der Waals surface area contributed by atoms with Crippen LogP contribution in [-0.4, -0.2) is 10.5 Å². The van der Waals surface area contributed by atoms with Crippen molar-refractivity contribution in [1.29, 1.82) is 0 Å². The molecule has 0 aliphatic heterocycles. The first-order valence-corrected chi connectivity index (χ1v) is 8.33. The molecule has 6 heteroatoms. The average molecular weight is 371 g/mol. The van der Waals surface area contributed by atoms with E-state index in [9.17, 15) is 14.0 Å². The standard InChI is InChI=1S/C20H16ClFN2O2/c1-13-4-2-3-5-14(13)11-24-12-15(6-9-19(24)25)20(26)23-16-7-8-18(22)17(21)10-16/h2-10,12H,11H2,1H3,(H,23,26). The molecule has 1 heterocycles. The van der Waals surface area contributed by atoms with Crippen LogP contribution in [-0.2, 0) is 6.54 Å². The van der Waals surface area contributed by atoms with Crippen molar-refractivity contribution in [3.05, 3.63) is 98.7 Å². The van der Waals surface area contributed by atoms with Crippen LogP contribution in [0.1, 0.15) is 21.5 Å². The molecule has 0 saturated carbocycles. The molecule has 1 N–H and O–H groups in total. The summed E-state index contributed by atoms with van der Waals surface area (Å²) in [6.07, 6.45) is 1.51. The molecule has 0 saturated heterocycles. The summed E-state index contributed by atoms with van der Waals surface area (Å²) in [6.45, 7) is 2.34. The fourth-order valence-corrected chi connectivity index (χ4v) is 2.72. The first kappa shape index (κ1) is 17.9. The molecule has 1 aromatic heterocycles. The Bertz CT molecular complexity index is 1030. The molecule has 3 aromatic rings. The molecule has 0 bridgehead atoms. The van der Waals surface area contributed by atoms with Gasteiger partial charge in [0.25, 0.3) is 11.5 Å². The quantitative estimate of drug-likeness (QED) is 0.746. The minimum absolute atomic E-state index is 0.0766. The van der Waals surface area contributed by atoms with Crippen molar-refractivity contribution in [3.63, 3.8) is 0 Å². The van der Waals surface area contributed by atoms with Crippen LogP contribution in [0.15, 0.2) is 65.6 Å². The van der Waals surface area contributed by atoms with Crippen LogP contribution in [0.25, 0.3) is 0 Å². The number of nitrogens with one attached hydrogen (secondary N) is 1. The van der Waals surface area contributed by atoms with E-state index in [4.69, 9.17) is 11.6 Å². The molecule has 4 nitrogen and oxygen atoms in total. The maximum Gasteiger partial charge on any atom is 0.257 e. The Labute approximate surface area is 154 Å². The number of hydrogen-bond acceptors (Lipinski definition) is 2. The lowest BCUT2D eigenvalue weighted by atomic mass is 10.1. The third-order valence-corrected chi connectivity index (χ3v) is 4.31. The summed E-state index contributed by atoms with van der Waals surface area (Å²) < 4.78 is 14.7. The molecular weight excluding hydrogens is 355 g/mol. The van der Waals surface area contributed by atoms with Crippen LogP contribution >= 0.6 is 11.6 Å². The van der Waals surface area contributed by atoms with Crippen molar-refractivity contribution in [3.8, 4) is 0 Å². The zero-order valence-corrected chi connectivity index (χ0v) is 14.8. The molecule has 0 aliphatic rings. The lowest BCUT2D eigenvalue weighted by Crippen LogP contribution is -2.22. The van der Waals surface area contributed by atoms with Gasteiger partial charge in [-0.1, -0.05) is 35.9 Å². The van der Waals surface area contributed by atoms with E-state index in [2.05, 4.69) is 5.32 Å². The number of aromatic nitrogens is 1. The van der Waals surface area contributed by atoms with Crippen molar-refractivity contribution in [2.24, 2.45) is 0 Å². The van der Waals surface area contributed by atoms with Gasteiger partial charge in [-0.3, -0.25) is 9.59 Å². The first-order chi connectivity index (χ1) is 12.4. The lowest BCUT2D eigenvalue weighted by Gasteiger charge is -2.11. The Morgan fingerprint density at radius 2 is 1.92 bits per heavy atom. The van der Waals surface area contributed by atoms with Gasteiger partial charge in [-0.2, -0.15) is 0 Å². The van der Waals surface area contributed by atoms with Crippen molar-refractivity contribution >= 4 is 23.2 Å². The molecule has 3 rings (SSSR count). The number of pyridine rings is 1.